The van der Waals surface area contributed by atoms with Gasteiger partial charge in [0, 0.05) is 30.6 Å². The lowest BCUT2D eigenvalue weighted by Crippen LogP contribution is -2.73. The Hall–Kier alpha value is -3.52. The zero-order valence-corrected chi connectivity index (χ0v) is 21.6. The van der Waals surface area contributed by atoms with Gasteiger partial charge < -0.3 is 46.0 Å². The van der Waals surface area contributed by atoms with Gasteiger partial charge in [-0.1, -0.05) is 6.07 Å². The number of ether oxygens (including phenoxy) is 1. The topological polar surface area (TPSA) is 203 Å². The molecule has 39 heavy (non-hydrogen) atoms. The van der Waals surface area contributed by atoms with E-state index >= 15 is 0 Å². The van der Waals surface area contributed by atoms with E-state index in [1.165, 1.54) is 15.9 Å². The standard InChI is InChI=1S/C26H32N4O9/c1-29(2)18-13-10-12-9-11-3-4-14(28-25(37)30-5-7-39-8-6-30)19(31)15(11)20(32)16(12)22(34)26(13,38)23(35)17(21(18)33)24(27)36/h3-4,12-13,17-18,21,31-33,38H,5-10H2,1-2H3,(H2,27,36)(H,28,37)/t12-,13-,17?,18-,21?,26-/m0/s1. The summed E-state index contributed by atoms with van der Waals surface area (Å²) < 4.78 is 5.24. The van der Waals surface area contributed by atoms with Crippen LogP contribution in [0.5, 0.6) is 5.75 Å². The molecule has 2 unspecified atom stereocenters. The predicted molar refractivity (Wildman–Crippen MR) is 135 cm³/mol. The number of rotatable bonds is 3. The van der Waals surface area contributed by atoms with Gasteiger partial charge in [-0.25, -0.2) is 4.79 Å². The number of ketones is 2. The fourth-order valence-corrected chi connectivity index (χ4v) is 6.64. The molecule has 1 aromatic carbocycles. The first-order valence-electron chi connectivity index (χ1n) is 12.8. The number of anilines is 1. The molecule has 0 spiro atoms. The summed E-state index contributed by atoms with van der Waals surface area (Å²) >= 11 is 0. The van der Waals surface area contributed by atoms with Gasteiger partial charge >= 0.3 is 6.03 Å². The molecule has 6 atom stereocenters. The fourth-order valence-electron chi connectivity index (χ4n) is 6.64. The number of carbonyl (C=O) groups excluding carboxylic acids is 4. The number of hydrogen-bond acceptors (Lipinski definition) is 10. The van der Waals surface area contributed by atoms with Crippen LogP contribution in [-0.2, 0) is 25.5 Å². The summed E-state index contributed by atoms with van der Waals surface area (Å²) in [6.45, 7) is 1.49. The first-order valence-corrected chi connectivity index (χ1v) is 12.8. The first kappa shape index (κ1) is 27.1. The Bertz CT molecular complexity index is 1290. The smallest absolute Gasteiger partial charge is 0.322 e. The minimum atomic E-state index is -2.72. The second kappa shape index (κ2) is 9.59. The summed E-state index contributed by atoms with van der Waals surface area (Å²) in [5.74, 6) is -8.11. The van der Waals surface area contributed by atoms with Crippen LogP contribution in [-0.4, -0.2) is 112 Å². The molecule has 3 amide bonds. The number of hydrogen-bond donors (Lipinski definition) is 6. The summed E-state index contributed by atoms with van der Waals surface area (Å²) in [6, 6.07) is 1.69. The number of likely N-dealkylation sites (N-methyl/N-ethyl adjacent to an activating group) is 1. The second-order valence-electron chi connectivity index (χ2n) is 10.8. The summed E-state index contributed by atoms with van der Waals surface area (Å²) in [5, 5.41) is 47.5. The number of aromatic hydroxyl groups is 1. The molecule has 3 aliphatic carbocycles. The van der Waals surface area contributed by atoms with E-state index in [4.69, 9.17) is 10.5 Å². The van der Waals surface area contributed by atoms with Crippen LogP contribution < -0.4 is 11.1 Å². The van der Waals surface area contributed by atoms with E-state index in [9.17, 15) is 39.6 Å². The zero-order chi connectivity index (χ0) is 28.4. The van der Waals surface area contributed by atoms with Crippen LogP contribution in [0, 0.1) is 17.8 Å². The summed E-state index contributed by atoms with van der Waals surface area (Å²) in [7, 11) is 3.19. The van der Waals surface area contributed by atoms with Crippen molar-refractivity contribution >= 4 is 35.0 Å². The van der Waals surface area contributed by atoms with E-state index in [1.54, 1.807) is 20.2 Å². The maximum atomic E-state index is 13.9. The molecule has 4 aliphatic rings. The highest BCUT2D eigenvalue weighted by atomic mass is 16.5. The first-order chi connectivity index (χ1) is 18.4. The number of phenolic OH excluding ortho intramolecular Hbond substituents is 1. The van der Waals surface area contributed by atoms with Gasteiger partial charge in [0.2, 0.25) is 11.7 Å². The number of urea groups is 1. The van der Waals surface area contributed by atoms with Crippen molar-refractivity contribution in [3.05, 3.63) is 28.8 Å². The molecule has 3 fully saturated rings. The highest BCUT2D eigenvalue weighted by molar-refractivity contribution is 6.25. The van der Waals surface area contributed by atoms with Gasteiger partial charge in [-0.3, -0.25) is 14.4 Å². The van der Waals surface area contributed by atoms with Crippen LogP contribution in [0.2, 0.25) is 0 Å². The molecule has 1 aromatic rings. The van der Waals surface area contributed by atoms with E-state index in [0.29, 0.717) is 31.9 Å². The number of nitrogens with two attached hydrogens (primary N) is 1. The monoisotopic (exact) mass is 544 g/mol. The van der Waals surface area contributed by atoms with Crippen molar-refractivity contribution in [2.24, 2.45) is 23.5 Å². The second-order valence-corrected chi connectivity index (χ2v) is 10.8. The molecule has 13 nitrogen and oxygen atoms in total. The number of nitrogens with zero attached hydrogens (tertiary/aromatic N) is 2. The van der Waals surface area contributed by atoms with Gasteiger partial charge in [0.25, 0.3) is 0 Å². The number of phenols is 1. The minimum absolute atomic E-state index is 0.00835. The average molecular weight is 545 g/mol. The normalized spacial score (nSPS) is 32.4. The van der Waals surface area contributed by atoms with Crippen LogP contribution in [0.25, 0.3) is 5.76 Å². The number of benzene rings is 1. The molecule has 210 valence electrons. The lowest BCUT2D eigenvalue weighted by molar-refractivity contribution is -0.184. The molecule has 7 N–H and O–H groups in total. The van der Waals surface area contributed by atoms with Gasteiger partial charge in [0.05, 0.1) is 30.6 Å². The Morgan fingerprint density at radius 2 is 1.85 bits per heavy atom. The summed E-state index contributed by atoms with van der Waals surface area (Å²) in [6.07, 6.45) is -1.32. The van der Waals surface area contributed by atoms with Gasteiger partial charge in [0.15, 0.2) is 11.4 Å². The third-order valence-electron chi connectivity index (χ3n) is 8.50. The Morgan fingerprint density at radius 1 is 1.18 bits per heavy atom. The van der Waals surface area contributed by atoms with Crippen LogP contribution >= 0.6 is 0 Å². The Balaban J connectivity index is 1.55. The average Bonchev–Trinajstić information content (AvgIpc) is 2.88. The maximum Gasteiger partial charge on any atom is 0.322 e. The van der Waals surface area contributed by atoms with E-state index in [2.05, 4.69) is 5.32 Å². The maximum absolute atomic E-state index is 13.9. The van der Waals surface area contributed by atoms with Gasteiger partial charge in [-0.15, -0.1) is 0 Å². The van der Waals surface area contributed by atoms with Crippen molar-refractivity contribution in [2.75, 3.05) is 45.7 Å². The van der Waals surface area contributed by atoms with E-state index < -0.39 is 70.5 Å². The molecule has 13 heteroatoms. The molecule has 2 saturated carbocycles. The van der Waals surface area contributed by atoms with Crippen molar-refractivity contribution in [3.63, 3.8) is 0 Å². The lowest BCUT2D eigenvalue weighted by Gasteiger charge is -2.53. The molecule has 1 heterocycles. The third-order valence-corrected chi connectivity index (χ3v) is 8.50. The van der Waals surface area contributed by atoms with E-state index in [-0.39, 0.29) is 29.7 Å². The van der Waals surface area contributed by atoms with Gasteiger partial charge in [0.1, 0.15) is 17.4 Å². The molecular weight excluding hydrogens is 512 g/mol. The van der Waals surface area contributed by atoms with Crippen LogP contribution in [0.3, 0.4) is 0 Å². The Labute approximate surface area is 223 Å². The van der Waals surface area contributed by atoms with Crippen LogP contribution in [0.15, 0.2) is 17.7 Å². The number of morpholine rings is 1. The number of amides is 3. The van der Waals surface area contributed by atoms with Gasteiger partial charge in [-0.2, -0.15) is 0 Å². The molecule has 5 rings (SSSR count). The molecule has 1 aliphatic heterocycles. The molecule has 0 radical (unpaired) electrons. The largest absolute Gasteiger partial charge is 0.507 e. The van der Waals surface area contributed by atoms with Crippen molar-refractivity contribution in [2.45, 2.75) is 30.6 Å². The Morgan fingerprint density at radius 3 is 2.46 bits per heavy atom. The number of primary amides is 1. The fraction of sp³-hybridized carbons (Fsp3) is 0.538. The van der Waals surface area contributed by atoms with E-state index in [1.807, 2.05) is 0 Å². The summed E-state index contributed by atoms with van der Waals surface area (Å²) in [4.78, 5) is 55.1. The van der Waals surface area contributed by atoms with Crippen LogP contribution in [0.4, 0.5) is 10.5 Å². The number of nitrogens with one attached hydrogen (secondary N) is 1. The number of carbonyl (C=O) groups is 4. The lowest BCUT2D eigenvalue weighted by atomic mass is 9.54. The van der Waals surface area contributed by atoms with Crippen molar-refractivity contribution in [3.8, 4) is 5.75 Å². The highest BCUT2D eigenvalue weighted by Crippen LogP contribution is 2.52. The predicted octanol–water partition coefficient (Wildman–Crippen LogP) is -1.01. The highest BCUT2D eigenvalue weighted by Gasteiger charge is 2.67. The zero-order valence-electron chi connectivity index (χ0n) is 21.6. The third kappa shape index (κ3) is 3.99. The molecule has 0 aromatic heterocycles. The van der Waals surface area contributed by atoms with Crippen molar-refractivity contribution in [1.29, 1.82) is 0 Å². The van der Waals surface area contributed by atoms with Crippen LogP contribution in [0.1, 0.15) is 17.5 Å². The Kier molecular flexibility index (Phi) is 6.66. The number of fused-ring (bicyclic) bond motifs is 3. The number of aliphatic hydroxyl groups excluding tert-OH is 2. The van der Waals surface area contributed by atoms with Gasteiger partial charge in [-0.05, 0) is 44.5 Å². The number of Topliss-reactive ketones (excluding diaryl/α,β-unsaturated/α-hetero) is 2. The minimum Gasteiger partial charge on any atom is -0.507 e. The summed E-state index contributed by atoms with van der Waals surface area (Å²) in [5.41, 5.74) is 2.84. The molecule has 1 saturated heterocycles. The van der Waals surface area contributed by atoms with E-state index in [0.717, 1.165) is 0 Å². The quantitative estimate of drug-likeness (QED) is 0.202. The van der Waals surface area contributed by atoms with Crippen molar-refractivity contribution in [1.82, 2.24) is 9.80 Å². The SMILES string of the molecule is CN(C)[C@@H]1C(O)C(C(N)=O)C(=O)[C@@]2(O)C(=O)C3=C(O)c4c(ccc(NC(=O)N5CCOCC5)c4O)C[C@H]3C[C@@H]12. The number of aliphatic hydroxyl groups is 3. The van der Waals surface area contributed by atoms with Crippen molar-refractivity contribution < 1.29 is 44.3 Å². The molecule has 0 bridgehead atoms. The molecular formula is C26H32N4O9.